The monoisotopic (exact) mass is 158 g/mol. The van der Waals surface area contributed by atoms with Crippen molar-refractivity contribution in [2.75, 3.05) is 0 Å². The van der Waals surface area contributed by atoms with Crippen molar-refractivity contribution >= 4 is 23.2 Å². The first-order valence-electron chi connectivity index (χ1n) is 3.44. The predicted molar refractivity (Wildman–Crippen MR) is 41.7 cm³/mol. The van der Waals surface area contributed by atoms with E-state index in [1.165, 1.54) is 0 Å². The minimum atomic E-state index is -0.164. The van der Waals surface area contributed by atoms with Crippen molar-refractivity contribution in [3.8, 4) is 0 Å². The van der Waals surface area contributed by atoms with Crippen molar-refractivity contribution < 1.29 is 9.53 Å². The minimum absolute atomic E-state index is 0.0282. The number of hydrogen-bond donors (Lipinski definition) is 0. The third-order valence-corrected chi connectivity index (χ3v) is 1.92. The molecule has 0 aromatic rings. The van der Waals surface area contributed by atoms with E-state index in [2.05, 4.69) is 0 Å². The zero-order valence-electron chi connectivity index (χ0n) is 5.92. The predicted octanol–water partition coefficient (Wildman–Crippen LogP) is 1.68. The van der Waals surface area contributed by atoms with Crippen LogP contribution >= 0.6 is 12.2 Å². The second kappa shape index (κ2) is 3.10. The van der Waals surface area contributed by atoms with Crippen LogP contribution in [-0.4, -0.2) is 11.0 Å². The van der Waals surface area contributed by atoms with Gasteiger partial charge in [-0.05, 0) is 25.1 Å². The molecule has 1 unspecified atom stereocenters. The van der Waals surface area contributed by atoms with Gasteiger partial charge in [0.05, 0.1) is 5.92 Å². The normalized spacial score (nSPS) is 27.5. The van der Waals surface area contributed by atoms with Crippen molar-refractivity contribution in [2.24, 2.45) is 5.92 Å². The fourth-order valence-electron chi connectivity index (χ4n) is 0.934. The molecule has 1 atom stereocenters. The Labute approximate surface area is 65.6 Å². The Balaban J connectivity index is 2.57. The molecule has 1 saturated heterocycles. The molecule has 1 heterocycles. The largest absolute Gasteiger partial charge is 0.419 e. The Hall–Kier alpha value is -0.440. The third kappa shape index (κ3) is 1.77. The Kier molecular flexibility index (Phi) is 2.38. The van der Waals surface area contributed by atoms with Gasteiger partial charge in [0.25, 0.3) is 0 Å². The fourth-order valence-corrected chi connectivity index (χ4v) is 1.16. The molecule has 0 amide bonds. The zero-order chi connectivity index (χ0) is 7.56. The molecule has 1 aliphatic rings. The smallest absolute Gasteiger partial charge is 0.314 e. The van der Waals surface area contributed by atoms with Gasteiger partial charge in [0.2, 0.25) is 0 Å². The lowest BCUT2D eigenvalue weighted by Gasteiger charge is -2.02. The summed E-state index contributed by atoms with van der Waals surface area (Å²) in [4.78, 5) is 10.9. The summed E-state index contributed by atoms with van der Waals surface area (Å²) in [5.74, 6) is -0.136. The first kappa shape index (κ1) is 7.66. The number of rotatable bonds is 0. The van der Waals surface area contributed by atoms with E-state index in [4.69, 9.17) is 17.0 Å². The molecule has 10 heavy (non-hydrogen) atoms. The van der Waals surface area contributed by atoms with Gasteiger partial charge in [-0.15, -0.1) is 0 Å². The first-order chi connectivity index (χ1) is 4.70. The van der Waals surface area contributed by atoms with Gasteiger partial charge in [0, 0.05) is 6.42 Å². The van der Waals surface area contributed by atoms with E-state index in [0.29, 0.717) is 5.05 Å². The lowest BCUT2D eigenvalue weighted by Crippen LogP contribution is -2.13. The summed E-state index contributed by atoms with van der Waals surface area (Å²) in [6, 6.07) is 0. The molecule has 3 heteroatoms. The highest BCUT2D eigenvalue weighted by Crippen LogP contribution is 2.15. The summed E-state index contributed by atoms with van der Waals surface area (Å²) in [6.07, 6.45) is 2.64. The van der Waals surface area contributed by atoms with Crippen LogP contribution < -0.4 is 0 Å². The van der Waals surface area contributed by atoms with Crippen LogP contribution in [-0.2, 0) is 9.53 Å². The van der Waals surface area contributed by atoms with Crippen LogP contribution in [0.2, 0.25) is 0 Å². The fraction of sp³-hybridized carbons (Fsp3) is 0.714. The lowest BCUT2D eigenvalue weighted by molar-refractivity contribution is -0.139. The number of hydrogen-bond acceptors (Lipinski definition) is 3. The van der Waals surface area contributed by atoms with Crippen LogP contribution in [0.1, 0.15) is 26.2 Å². The van der Waals surface area contributed by atoms with E-state index in [9.17, 15) is 4.79 Å². The summed E-state index contributed by atoms with van der Waals surface area (Å²) < 4.78 is 4.82. The van der Waals surface area contributed by atoms with E-state index >= 15 is 0 Å². The molecule has 0 aromatic carbocycles. The van der Waals surface area contributed by atoms with E-state index < -0.39 is 0 Å². The van der Waals surface area contributed by atoms with E-state index in [1.54, 1.807) is 0 Å². The molecule has 2 nitrogen and oxygen atoms in total. The van der Waals surface area contributed by atoms with Crippen molar-refractivity contribution in [1.29, 1.82) is 0 Å². The third-order valence-electron chi connectivity index (χ3n) is 1.63. The van der Waals surface area contributed by atoms with Gasteiger partial charge >= 0.3 is 5.97 Å². The molecule has 0 radical (unpaired) electrons. The zero-order valence-corrected chi connectivity index (χ0v) is 6.74. The van der Waals surface area contributed by atoms with Gasteiger partial charge in [-0.2, -0.15) is 0 Å². The summed E-state index contributed by atoms with van der Waals surface area (Å²) in [7, 11) is 0. The molecule has 1 rings (SSSR count). The standard InChI is InChI=1S/C7H10O2S/c1-5-3-2-4-6(10)9-7(5)8/h5H,2-4H2,1H3. The average molecular weight is 158 g/mol. The van der Waals surface area contributed by atoms with Crippen LogP contribution in [0, 0.1) is 5.92 Å². The Morgan fingerprint density at radius 2 is 2.40 bits per heavy atom. The van der Waals surface area contributed by atoms with Gasteiger partial charge in [0.1, 0.15) is 0 Å². The maximum absolute atomic E-state index is 10.9. The highest BCUT2D eigenvalue weighted by molar-refractivity contribution is 7.80. The summed E-state index contributed by atoms with van der Waals surface area (Å²) in [6.45, 7) is 1.87. The van der Waals surface area contributed by atoms with Crippen molar-refractivity contribution in [3.63, 3.8) is 0 Å². The first-order valence-corrected chi connectivity index (χ1v) is 3.85. The highest BCUT2D eigenvalue weighted by atomic mass is 32.1. The average Bonchev–Trinajstić information content (AvgIpc) is 1.96. The number of thiocarbonyl (C=S) groups is 1. The van der Waals surface area contributed by atoms with Crippen LogP contribution in [0.3, 0.4) is 0 Å². The molecule has 0 N–H and O–H groups in total. The SMILES string of the molecule is CC1CCCC(=S)OC1=O. The van der Waals surface area contributed by atoms with Crippen molar-refractivity contribution in [3.05, 3.63) is 0 Å². The van der Waals surface area contributed by atoms with Gasteiger partial charge < -0.3 is 4.74 Å². The number of esters is 1. The van der Waals surface area contributed by atoms with E-state index in [0.717, 1.165) is 19.3 Å². The molecule has 56 valence electrons. The Morgan fingerprint density at radius 3 is 3.10 bits per heavy atom. The van der Waals surface area contributed by atoms with Gasteiger partial charge in [0.15, 0.2) is 5.05 Å². The molecule has 0 aromatic heterocycles. The summed E-state index contributed by atoms with van der Waals surface area (Å²) >= 11 is 4.78. The van der Waals surface area contributed by atoms with Crippen LogP contribution in [0.25, 0.3) is 0 Å². The van der Waals surface area contributed by atoms with Crippen LogP contribution in [0.5, 0.6) is 0 Å². The molecular weight excluding hydrogens is 148 g/mol. The second-order valence-electron chi connectivity index (χ2n) is 2.59. The minimum Gasteiger partial charge on any atom is -0.419 e. The number of carbonyl (C=O) groups is 1. The maximum Gasteiger partial charge on any atom is 0.314 e. The molecule has 0 aliphatic carbocycles. The quantitative estimate of drug-likeness (QED) is 0.396. The molecule has 0 spiro atoms. The number of ether oxygens (including phenoxy) is 1. The van der Waals surface area contributed by atoms with Crippen molar-refractivity contribution in [1.82, 2.24) is 0 Å². The number of cyclic esters (lactones) is 1. The maximum atomic E-state index is 10.9. The van der Waals surface area contributed by atoms with Crippen LogP contribution in [0.4, 0.5) is 0 Å². The van der Waals surface area contributed by atoms with E-state index in [1.807, 2.05) is 6.92 Å². The molecule has 1 aliphatic heterocycles. The van der Waals surface area contributed by atoms with Gasteiger partial charge in [-0.25, -0.2) is 0 Å². The summed E-state index contributed by atoms with van der Waals surface area (Å²) in [5, 5.41) is 0.453. The molecule has 1 fully saturated rings. The van der Waals surface area contributed by atoms with Crippen molar-refractivity contribution in [2.45, 2.75) is 26.2 Å². The van der Waals surface area contributed by atoms with E-state index in [-0.39, 0.29) is 11.9 Å². The lowest BCUT2D eigenvalue weighted by atomic mass is 10.1. The number of carbonyl (C=O) groups excluding carboxylic acids is 1. The Bertz CT molecular complexity index is 165. The summed E-state index contributed by atoms with van der Waals surface area (Å²) in [5.41, 5.74) is 0. The Morgan fingerprint density at radius 1 is 1.70 bits per heavy atom. The van der Waals surface area contributed by atoms with Gasteiger partial charge in [-0.3, -0.25) is 4.79 Å². The molecular formula is C7H10O2S. The van der Waals surface area contributed by atoms with Crippen LogP contribution in [0.15, 0.2) is 0 Å². The van der Waals surface area contributed by atoms with Gasteiger partial charge in [-0.1, -0.05) is 6.92 Å². The highest BCUT2D eigenvalue weighted by Gasteiger charge is 2.19. The second-order valence-corrected chi connectivity index (χ2v) is 3.04. The molecule has 0 bridgehead atoms. The molecule has 0 saturated carbocycles. The topological polar surface area (TPSA) is 26.3 Å².